The van der Waals surface area contributed by atoms with Gasteiger partial charge in [-0.3, -0.25) is 0 Å². The quantitative estimate of drug-likeness (QED) is 0.114. The second-order valence-corrected chi connectivity index (χ2v) is 35.2. The van der Waals surface area contributed by atoms with E-state index in [0.717, 1.165) is 89.4 Å². The molecule has 0 aliphatic carbocycles. The molecule has 0 bridgehead atoms. The van der Waals surface area contributed by atoms with E-state index in [1.54, 1.807) is 0 Å². The highest BCUT2D eigenvalue weighted by Gasteiger charge is 2.24. The monoisotopic (exact) mass is 1700 g/mol. The molecule has 0 fully saturated rings. The first-order chi connectivity index (χ1) is 65.4. The highest BCUT2D eigenvalue weighted by Crippen LogP contribution is 2.50. The molecule has 618 valence electrons. The van der Waals surface area contributed by atoms with Crippen LogP contribution in [0.15, 0.2) is 500 Å². The Balaban J connectivity index is 0.000000106. The number of fused-ring (bicyclic) bond motifs is 24. The molecule has 132 heavy (non-hydrogen) atoms. The van der Waals surface area contributed by atoms with Gasteiger partial charge in [0.25, 0.3) is 0 Å². The van der Waals surface area contributed by atoms with Crippen molar-refractivity contribution in [3.8, 4) is 33.4 Å². The lowest BCUT2D eigenvalue weighted by molar-refractivity contribution is 0.668. The van der Waals surface area contributed by atoms with Crippen molar-refractivity contribution in [3.63, 3.8) is 0 Å². The standard InChI is InChI=1S/2C42H27NO.C42H27NS/c1-2-8-28(9-3-1)29-14-18-32(19-15-29)43(34-21-25-42-40(27-34)39-12-6-7-13-41(39)44-42)33-20-24-36-31(26-33)17-23-37-35-11-5-4-10-30(35)16-22-38(36)37;1-2-8-28(9-3-1)29-14-18-32(19-15-29)43(34-21-25-40-39-12-6-7-13-41(39)44-42(40)27-34)33-20-24-36-31(26-33)17-23-37-35-11-5-4-10-30(35)16-22-38(36)37;1-2-10-28(11-3-1)30-13-8-14-32(26-30)43(39-17-9-19-41-42(39)38-16-6-7-18-40(38)44-41)33-22-25-35-31(27-33)21-24-36-34-15-5-4-12-29(34)20-23-37(35)36/h3*1-27H. The van der Waals surface area contributed by atoms with E-state index in [1.165, 1.54) is 156 Å². The van der Waals surface area contributed by atoms with E-state index in [9.17, 15) is 0 Å². The third-order valence-corrected chi connectivity index (χ3v) is 27.6. The Morgan fingerprint density at radius 1 is 0.144 bits per heavy atom. The number of benzene rings is 24. The third kappa shape index (κ3) is 13.8. The van der Waals surface area contributed by atoms with Crippen LogP contribution in [0.4, 0.5) is 51.2 Å². The number of anilines is 9. The molecule has 0 amide bonds. The normalized spacial score (nSPS) is 11.6. The van der Waals surface area contributed by atoms with Gasteiger partial charge in [-0.2, -0.15) is 0 Å². The molecule has 0 saturated carbocycles. The lowest BCUT2D eigenvalue weighted by Gasteiger charge is -2.27. The van der Waals surface area contributed by atoms with Crippen molar-refractivity contribution in [2.75, 3.05) is 14.7 Å². The Morgan fingerprint density at radius 3 is 0.939 bits per heavy atom. The van der Waals surface area contributed by atoms with Crippen molar-refractivity contribution in [2.24, 2.45) is 0 Å². The van der Waals surface area contributed by atoms with Crippen LogP contribution in [0.3, 0.4) is 0 Å². The maximum Gasteiger partial charge on any atom is 0.137 e. The molecule has 27 aromatic rings. The molecule has 0 atom stereocenters. The maximum atomic E-state index is 6.32. The topological polar surface area (TPSA) is 36.0 Å². The molecule has 3 aromatic heterocycles. The largest absolute Gasteiger partial charge is 0.456 e. The summed E-state index contributed by atoms with van der Waals surface area (Å²) in [4.78, 5) is 7.11. The summed E-state index contributed by atoms with van der Waals surface area (Å²) >= 11 is 1.86. The Kier molecular flexibility index (Phi) is 19.1. The Hall–Kier alpha value is -17.2. The number of nitrogens with zero attached hydrogens (tertiary/aromatic N) is 3. The second kappa shape index (κ2) is 32.6. The van der Waals surface area contributed by atoms with E-state index in [1.807, 2.05) is 35.6 Å². The summed E-state index contributed by atoms with van der Waals surface area (Å²) in [7, 11) is 0. The summed E-state index contributed by atoms with van der Waals surface area (Å²) in [5.41, 5.74) is 20.8. The molecule has 0 aliphatic rings. The van der Waals surface area contributed by atoms with Gasteiger partial charge in [-0.1, -0.05) is 352 Å². The molecule has 5 nitrogen and oxygen atoms in total. The minimum absolute atomic E-state index is 0.883. The summed E-state index contributed by atoms with van der Waals surface area (Å²) < 4.78 is 15.1. The average molecular weight is 1700 g/mol. The van der Waals surface area contributed by atoms with Crippen LogP contribution in [0.1, 0.15) is 0 Å². The van der Waals surface area contributed by atoms with Gasteiger partial charge in [-0.15, -0.1) is 11.3 Å². The predicted molar refractivity (Wildman–Crippen MR) is 565 cm³/mol. The van der Waals surface area contributed by atoms with Gasteiger partial charge in [0.15, 0.2) is 0 Å². The van der Waals surface area contributed by atoms with Gasteiger partial charge in [0.05, 0.1) is 5.69 Å². The number of para-hydroxylation sites is 2. The van der Waals surface area contributed by atoms with Crippen molar-refractivity contribution in [3.05, 3.63) is 491 Å². The smallest absolute Gasteiger partial charge is 0.137 e. The zero-order valence-corrected chi connectivity index (χ0v) is 72.6. The highest BCUT2D eigenvalue weighted by atomic mass is 32.1. The first kappa shape index (κ1) is 77.2. The summed E-state index contributed by atoms with van der Waals surface area (Å²) in [6.07, 6.45) is 0. The average Bonchev–Trinajstić information content (AvgIpc) is 1.53. The minimum atomic E-state index is 0.883. The van der Waals surface area contributed by atoms with Gasteiger partial charge < -0.3 is 23.5 Å². The van der Waals surface area contributed by atoms with Crippen LogP contribution in [0.2, 0.25) is 0 Å². The van der Waals surface area contributed by atoms with Crippen molar-refractivity contribution >= 4 is 224 Å². The van der Waals surface area contributed by atoms with Gasteiger partial charge in [-0.25, -0.2) is 0 Å². The Labute approximate surface area is 766 Å². The van der Waals surface area contributed by atoms with Crippen molar-refractivity contribution in [2.45, 2.75) is 0 Å². The van der Waals surface area contributed by atoms with E-state index < -0.39 is 0 Å². The van der Waals surface area contributed by atoms with E-state index in [2.05, 4.69) is 482 Å². The molecule has 27 rings (SSSR count). The SMILES string of the molecule is c1ccc(-c2ccc(N(c3ccc4c(ccc5c6ccccc6ccc45)c3)c3ccc4c(c3)oc3ccccc34)cc2)cc1.c1ccc(-c2ccc(N(c3ccc4c(ccc5c6ccccc6ccc45)c3)c3ccc4oc5ccccc5c4c3)cc2)cc1.c1ccc(-c2cccc(N(c3ccc4c(ccc5c6ccccc6ccc45)c3)c3cccc4sc5ccccc5c34)c2)cc1. The van der Waals surface area contributed by atoms with E-state index in [0.29, 0.717) is 0 Å². The van der Waals surface area contributed by atoms with Gasteiger partial charge in [-0.05, 0) is 264 Å². The van der Waals surface area contributed by atoms with Crippen LogP contribution >= 0.6 is 11.3 Å². The van der Waals surface area contributed by atoms with E-state index in [-0.39, 0.29) is 0 Å². The zero-order valence-electron chi connectivity index (χ0n) is 71.8. The molecule has 0 saturated heterocycles. The molecular weight excluding hydrogens is 1620 g/mol. The summed E-state index contributed by atoms with van der Waals surface area (Å²) in [6.45, 7) is 0. The lowest BCUT2D eigenvalue weighted by atomic mass is 9.96. The fourth-order valence-corrected chi connectivity index (χ4v) is 21.3. The molecule has 24 aromatic carbocycles. The van der Waals surface area contributed by atoms with Crippen LogP contribution in [-0.2, 0) is 0 Å². The first-order valence-electron chi connectivity index (χ1n) is 45.0. The summed E-state index contributed by atoms with van der Waals surface area (Å²) in [5, 5.41) is 29.9. The molecular formula is C126H81N3O2S. The maximum absolute atomic E-state index is 6.32. The van der Waals surface area contributed by atoms with E-state index >= 15 is 0 Å². The fourth-order valence-electron chi connectivity index (χ4n) is 20.2. The second-order valence-electron chi connectivity index (χ2n) is 34.1. The van der Waals surface area contributed by atoms with Crippen molar-refractivity contribution in [1.29, 1.82) is 0 Å². The van der Waals surface area contributed by atoms with Gasteiger partial charge in [0.2, 0.25) is 0 Å². The van der Waals surface area contributed by atoms with Crippen LogP contribution in [0.5, 0.6) is 0 Å². The zero-order chi connectivity index (χ0) is 87.1. The van der Waals surface area contributed by atoms with Crippen LogP contribution in [-0.4, -0.2) is 0 Å². The van der Waals surface area contributed by atoms with Crippen LogP contribution < -0.4 is 14.7 Å². The lowest BCUT2D eigenvalue weighted by Crippen LogP contribution is -2.10. The minimum Gasteiger partial charge on any atom is -0.456 e. The molecule has 3 heterocycles. The first-order valence-corrected chi connectivity index (χ1v) is 45.9. The molecule has 0 radical (unpaired) electrons. The molecule has 0 N–H and O–H groups in total. The van der Waals surface area contributed by atoms with E-state index in [4.69, 9.17) is 8.83 Å². The van der Waals surface area contributed by atoms with Crippen LogP contribution in [0.25, 0.3) is 194 Å². The molecule has 0 spiro atoms. The molecule has 0 unspecified atom stereocenters. The number of hydrogen-bond acceptors (Lipinski definition) is 6. The molecule has 6 heteroatoms. The predicted octanol–water partition coefficient (Wildman–Crippen LogP) is 37.0. The van der Waals surface area contributed by atoms with Crippen molar-refractivity contribution < 1.29 is 8.83 Å². The Bertz CT molecular complexity index is 9170. The van der Waals surface area contributed by atoms with Gasteiger partial charge in [0, 0.05) is 93.3 Å². The fraction of sp³-hybridized carbons (Fsp3) is 0. The third-order valence-electron chi connectivity index (χ3n) is 26.5. The summed E-state index contributed by atoms with van der Waals surface area (Å²) in [6, 6.07) is 177. The summed E-state index contributed by atoms with van der Waals surface area (Å²) in [5.74, 6) is 0. The number of thiophene rings is 1. The number of hydrogen-bond donors (Lipinski definition) is 0. The highest BCUT2D eigenvalue weighted by molar-refractivity contribution is 7.26. The van der Waals surface area contributed by atoms with Crippen molar-refractivity contribution in [1.82, 2.24) is 0 Å². The number of furan rings is 2. The molecule has 0 aliphatic heterocycles. The number of rotatable bonds is 12. The van der Waals surface area contributed by atoms with Crippen LogP contribution in [0, 0.1) is 0 Å². The Morgan fingerprint density at radius 2 is 0.447 bits per heavy atom. The van der Waals surface area contributed by atoms with Gasteiger partial charge >= 0.3 is 0 Å². The van der Waals surface area contributed by atoms with Gasteiger partial charge in [0.1, 0.15) is 22.3 Å².